The van der Waals surface area contributed by atoms with Crippen LogP contribution < -0.4 is 4.90 Å². The van der Waals surface area contributed by atoms with E-state index in [0.717, 1.165) is 24.1 Å². The Balaban J connectivity index is 2.26. The smallest absolute Gasteiger partial charge is 0.256 e. The molecule has 1 atom stereocenters. The summed E-state index contributed by atoms with van der Waals surface area (Å²) in [7, 11) is 0. The first-order valence-corrected chi connectivity index (χ1v) is 6.36. The van der Waals surface area contributed by atoms with Gasteiger partial charge in [0.15, 0.2) is 0 Å². The van der Waals surface area contributed by atoms with Crippen LogP contribution in [0.5, 0.6) is 5.75 Å². The van der Waals surface area contributed by atoms with Gasteiger partial charge in [-0.2, -0.15) is 0 Å². The minimum atomic E-state index is -0.327. The first-order valence-electron chi connectivity index (χ1n) is 6.36. The van der Waals surface area contributed by atoms with E-state index in [4.69, 9.17) is 4.74 Å². The molecule has 18 heavy (non-hydrogen) atoms. The van der Waals surface area contributed by atoms with Gasteiger partial charge in [-0.25, -0.2) is 0 Å². The first kappa shape index (κ1) is 12.9. The summed E-state index contributed by atoms with van der Waals surface area (Å²) in [5, 5.41) is 9.56. The monoisotopic (exact) mass is 249 g/mol. The molecular weight excluding hydrogens is 230 g/mol. The van der Waals surface area contributed by atoms with Crippen molar-refractivity contribution in [2.75, 3.05) is 18.1 Å². The van der Waals surface area contributed by atoms with Crippen LogP contribution in [0.3, 0.4) is 0 Å². The fourth-order valence-corrected chi connectivity index (χ4v) is 2.28. The molecule has 2 rings (SSSR count). The summed E-state index contributed by atoms with van der Waals surface area (Å²) < 4.78 is 5.44. The van der Waals surface area contributed by atoms with Crippen LogP contribution in [0.25, 0.3) is 0 Å². The predicted octanol–water partition coefficient (Wildman–Crippen LogP) is 2.23. The van der Waals surface area contributed by atoms with Gasteiger partial charge in [0.2, 0.25) is 0 Å². The zero-order valence-corrected chi connectivity index (χ0v) is 10.8. The lowest BCUT2D eigenvalue weighted by Gasteiger charge is -2.25. The summed E-state index contributed by atoms with van der Waals surface area (Å²) in [6.07, 6.45) is 1.40. The summed E-state index contributed by atoms with van der Waals surface area (Å²) in [5.74, 6) is 0.165. The molecule has 1 amide bonds. The van der Waals surface area contributed by atoms with Gasteiger partial charge in [0.05, 0.1) is 5.69 Å². The molecule has 4 heteroatoms. The number of hydrogen-bond acceptors (Lipinski definition) is 3. The van der Waals surface area contributed by atoms with Crippen molar-refractivity contribution in [1.82, 2.24) is 0 Å². The van der Waals surface area contributed by atoms with Crippen molar-refractivity contribution in [3.8, 4) is 5.75 Å². The number of anilines is 1. The molecule has 1 aliphatic heterocycles. The van der Waals surface area contributed by atoms with Crippen molar-refractivity contribution in [1.29, 1.82) is 0 Å². The van der Waals surface area contributed by atoms with E-state index in [1.54, 1.807) is 17.0 Å². The minimum Gasteiger partial charge on any atom is -0.508 e. The number of hydrogen-bond donors (Lipinski definition) is 1. The zero-order chi connectivity index (χ0) is 13.1. The third-order valence-corrected chi connectivity index (χ3v) is 3.27. The maximum atomic E-state index is 12.4. The predicted molar refractivity (Wildman–Crippen MR) is 69.8 cm³/mol. The highest BCUT2D eigenvalue weighted by atomic mass is 16.5. The zero-order valence-electron chi connectivity index (χ0n) is 10.8. The Morgan fingerprint density at radius 1 is 1.56 bits per heavy atom. The Labute approximate surface area is 107 Å². The Kier molecular flexibility index (Phi) is 3.87. The van der Waals surface area contributed by atoms with Crippen molar-refractivity contribution in [3.63, 3.8) is 0 Å². The number of aromatic hydroxyl groups is 1. The summed E-state index contributed by atoms with van der Waals surface area (Å²) >= 11 is 0. The molecule has 1 N–H and O–H groups in total. The topological polar surface area (TPSA) is 49.8 Å². The average molecular weight is 249 g/mol. The van der Waals surface area contributed by atoms with Crippen LogP contribution in [0.4, 0.5) is 5.69 Å². The van der Waals surface area contributed by atoms with E-state index in [1.807, 2.05) is 19.9 Å². The number of aryl methyl sites for hydroxylation is 1. The molecule has 1 aromatic rings. The molecule has 0 saturated carbocycles. The van der Waals surface area contributed by atoms with Gasteiger partial charge in [-0.05, 0) is 38.3 Å². The van der Waals surface area contributed by atoms with Crippen molar-refractivity contribution in [2.45, 2.75) is 32.8 Å². The van der Waals surface area contributed by atoms with Crippen LogP contribution in [0.2, 0.25) is 0 Å². The van der Waals surface area contributed by atoms with E-state index < -0.39 is 0 Å². The number of nitrogens with zero attached hydrogens (tertiary/aromatic N) is 1. The molecular formula is C14H19NO3. The van der Waals surface area contributed by atoms with Gasteiger partial charge >= 0.3 is 0 Å². The third kappa shape index (κ3) is 2.48. The SMILES string of the molecule is CCN(C(=O)C1CCCO1)c1cc(O)ccc1C. The van der Waals surface area contributed by atoms with Gasteiger partial charge in [0, 0.05) is 19.2 Å². The highest BCUT2D eigenvalue weighted by molar-refractivity contribution is 5.97. The number of likely N-dealkylation sites (N-methyl/N-ethyl adjacent to an activating group) is 1. The van der Waals surface area contributed by atoms with Crippen molar-refractivity contribution < 1.29 is 14.6 Å². The molecule has 1 fully saturated rings. The number of carbonyl (C=O) groups excluding carboxylic acids is 1. The van der Waals surface area contributed by atoms with Crippen LogP contribution >= 0.6 is 0 Å². The maximum Gasteiger partial charge on any atom is 0.256 e. The molecule has 1 unspecified atom stereocenters. The van der Waals surface area contributed by atoms with Crippen molar-refractivity contribution >= 4 is 11.6 Å². The van der Waals surface area contributed by atoms with E-state index in [-0.39, 0.29) is 17.8 Å². The summed E-state index contributed by atoms with van der Waals surface area (Å²) in [5.41, 5.74) is 1.74. The lowest BCUT2D eigenvalue weighted by Crippen LogP contribution is -2.39. The molecule has 0 bridgehead atoms. The highest BCUT2D eigenvalue weighted by Crippen LogP contribution is 2.27. The highest BCUT2D eigenvalue weighted by Gasteiger charge is 2.29. The number of phenolic OH excluding ortho intramolecular Hbond substituents is 1. The summed E-state index contributed by atoms with van der Waals surface area (Å²) in [4.78, 5) is 14.0. The molecule has 0 spiro atoms. The number of ether oxygens (including phenoxy) is 1. The molecule has 98 valence electrons. The van der Waals surface area contributed by atoms with Crippen molar-refractivity contribution in [3.05, 3.63) is 23.8 Å². The molecule has 1 aliphatic rings. The number of carbonyl (C=O) groups is 1. The minimum absolute atomic E-state index is 0.0105. The second kappa shape index (κ2) is 5.40. The van der Waals surface area contributed by atoms with E-state index >= 15 is 0 Å². The molecule has 1 saturated heterocycles. The van der Waals surface area contributed by atoms with Gasteiger partial charge in [0.1, 0.15) is 11.9 Å². The van der Waals surface area contributed by atoms with Crippen LogP contribution in [-0.2, 0) is 9.53 Å². The second-order valence-corrected chi connectivity index (χ2v) is 4.55. The number of amides is 1. The molecule has 1 heterocycles. The van der Waals surface area contributed by atoms with E-state index in [1.165, 1.54) is 0 Å². The van der Waals surface area contributed by atoms with Gasteiger partial charge in [0.25, 0.3) is 5.91 Å². The summed E-state index contributed by atoms with van der Waals surface area (Å²) in [6, 6.07) is 5.07. The van der Waals surface area contributed by atoms with Crippen molar-refractivity contribution in [2.24, 2.45) is 0 Å². The fourth-order valence-electron chi connectivity index (χ4n) is 2.28. The Morgan fingerprint density at radius 2 is 2.33 bits per heavy atom. The summed E-state index contributed by atoms with van der Waals surface area (Å²) in [6.45, 7) is 5.09. The van der Waals surface area contributed by atoms with E-state index in [2.05, 4.69) is 0 Å². The number of phenols is 1. The Hall–Kier alpha value is -1.55. The van der Waals surface area contributed by atoms with E-state index in [9.17, 15) is 9.90 Å². The quantitative estimate of drug-likeness (QED) is 0.893. The van der Waals surface area contributed by atoms with E-state index in [0.29, 0.717) is 13.2 Å². The number of rotatable bonds is 3. The maximum absolute atomic E-state index is 12.4. The lowest BCUT2D eigenvalue weighted by atomic mass is 10.1. The van der Waals surface area contributed by atoms with Crippen LogP contribution in [-0.4, -0.2) is 30.3 Å². The molecule has 0 aromatic heterocycles. The fraction of sp³-hybridized carbons (Fsp3) is 0.500. The average Bonchev–Trinajstić information content (AvgIpc) is 2.88. The third-order valence-electron chi connectivity index (χ3n) is 3.27. The largest absolute Gasteiger partial charge is 0.508 e. The molecule has 0 aliphatic carbocycles. The Morgan fingerprint density at radius 3 is 2.94 bits per heavy atom. The van der Waals surface area contributed by atoms with Gasteiger partial charge in [-0.15, -0.1) is 0 Å². The lowest BCUT2D eigenvalue weighted by molar-refractivity contribution is -0.127. The Bertz CT molecular complexity index is 439. The molecule has 4 nitrogen and oxygen atoms in total. The first-order chi connectivity index (χ1) is 8.63. The van der Waals surface area contributed by atoms with Gasteiger partial charge in [-0.3, -0.25) is 4.79 Å². The van der Waals surface area contributed by atoms with Crippen LogP contribution in [0.15, 0.2) is 18.2 Å². The van der Waals surface area contributed by atoms with Crippen LogP contribution in [0, 0.1) is 6.92 Å². The normalized spacial score (nSPS) is 18.9. The van der Waals surface area contributed by atoms with Gasteiger partial charge in [-0.1, -0.05) is 6.07 Å². The number of benzene rings is 1. The molecule has 0 radical (unpaired) electrons. The second-order valence-electron chi connectivity index (χ2n) is 4.55. The standard InChI is InChI=1S/C14H19NO3/c1-3-15(14(17)13-5-4-8-18-13)12-9-11(16)7-6-10(12)2/h6-7,9,13,16H,3-5,8H2,1-2H3. The van der Waals surface area contributed by atoms with Crippen LogP contribution in [0.1, 0.15) is 25.3 Å². The molecule has 1 aromatic carbocycles. The van der Waals surface area contributed by atoms with Gasteiger partial charge < -0.3 is 14.7 Å².